The number of hydrogen-bond acceptors (Lipinski definition) is 6. The van der Waals surface area contributed by atoms with Gasteiger partial charge in [-0.2, -0.15) is 0 Å². The summed E-state index contributed by atoms with van der Waals surface area (Å²) in [5.74, 6) is -4.68. The molecular weight excluding hydrogens is 438 g/mol. The van der Waals surface area contributed by atoms with Crippen molar-refractivity contribution in [1.82, 2.24) is 14.9 Å². The average Bonchev–Trinajstić information content (AvgIpc) is 3.26. The molecule has 2 aromatic heterocycles. The van der Waals surface area contributed by atoms with E-state index >= 15 is 0 Å². The van der Waals surface area contributed by atoms with Crippen molar-refractivity contribution in [3.63, 3.8) is 0 Å². The Morgan fingerprint density at radius 2 is 2.13 bits per heavy atom. The van der Waals surface area contributed by atoms with E-state index in [0.717, 1.165) is 23.6 Å². The van der Waals surface area contributed by atoms with Gasteiger partial charge in [0.2, 0.25) is 0 Å². The van der Waals surface area contributed by atoms with Crippen LogP contribution in [0.4, 0.5) is 23.4 Å². The zero-order chi connectivity index (χ0) is 22.9. The van der Waals surface area contributed by atoms with E-state index < -0.39 is 48.7 Å². The number of likely N-dealkylation sites (tertiary alicyclic amines) is 1. The van der Waals surface area contributed by atoms with Gasteiger partial charge in [0.25, 0.3) is 24.2 Å². The summed E-state index contributed by atoms with van der Waals surface area (Å²) < 4.78 is 55.2. The summed E-state index contributed by atoms with van der Waals surface area (Å²) in [6.45, 7) is 3.06. The summed E-state index contributed by atoms with van der Waals surface area (Å²) in [5, 5.41) is 2.61. The summed E-state index contributed by atoms with van der Waals surface area (Å²) in [5.41, 5.74) is 4.36. The van der Waals surface area contributed by atoms with E-state index in [1.165, 1.54) is 6.92 Å². The third kappa shape index (κ3) is 4.78. The molecule has 0 spiro atoms. The van der Waals surface area contributed by atoms with Crippen LogP contribution in [0.25, 0.3) is 10.4 Å². The van der Waals surface area contributed by atoms with E-state index in [2.05, 4.69) is 15.3 Å². The molecule has 12 heteroatoms. The number of rotatable bonds is 7. The molecule has 1 atom stereocenters. The van der Waals surface area contributed by atoms with Crippen molar-refractivity contribution < 1.29 is 27.2 Å². The molecule has 3 N–H and O–H groups in total. The van der Waals surface area contributed by atoms with Crippen LogP contribution in [-0.2, 0) is 0 Å². The first kappa shape index (κ1) is 22.9. The number of nitrogens with two attached hydrogens (primary N) is 1. The molecule has 3 heterocycles. The van der Waals surface area contributed by atoms with Gasteiger partial charge >= 0.3 is 0 Å². The molecule has 0 aliphatic carbocycles. The minimum Gasteiger partial charge on any atom is -0.370 e. The largest absolute Gasteiger partial charge is 0.370 e. The number of carbonyl (C=O) groups is 2. The third-order valence-corrected chi connectivity index (χ3v) is 5.90. The molecule has 168 valence electrons. The molecule has 31 heavy (non-hydrogen) atoms. The number of nitrogens with one attached hydrogen (secondary N) is 1. The minimum atomic E-state index is -3.07. The van der Waals surface area contributed by atoms with Gasteiger partial charge in [-0.15, -0.1) is 11.3 Å². The van der Waals surface area contributed by atoms with Crippen LogP contribution in [-0.4, -0.2) is 51.7 Å². The van der Waals surface area contributed by atoms with E-state index in [0.29, 0.717) is 17.9 Å². The number of primary amides is 1. The van der Waals surface area contributed by atoms with Gasteiger partial charge in [0.05, 0.1) is 11.4 Å². The van der Waals surface area contributed by atoms with Gasteiger partial charge < -0.3 is 16.0 Å². The standard InChI is InChI=1S/C19H21F4N5O2S/c1-3-4-25-12-5-10(15(20)21)11(7-26-12)14-13(27-17(31-14)16(24)29)18(30)28-8-19(22,23)6-9(28)2/h5,7,9,15H,3-4,6,8H2,1-2H3,(H2,24,29)(H,25,26). The maximum Gasteiger partial charge on any atom is 0.277 e. The summed E-state index contributed by atoms with van der Waals surface area (Å²) in [4.78, 5) is 33.5. The summed E-state index contributed by atoms with van der Waals surface area (Å²) >= 11 is 0.650. The summed E-state index contributed by atoms with van der Waals surface area (Å²) in [7, 11) is 0. The monoisotopic (exact) mass is 459 g/mol. The second kappa shape index (κ2) is 8.77. The SMILES string of the molecule is CCCNc1cc(C(F)F)c(-c2sc(C(N)=O)nc2C(=O)N2CC(F)(F)CC2C)cn1. The minimum absolute atomic E-state index is 0.0638. The van der Waals surface area contributed by atoms with Crippen molar-refractivity contribution in [3.05, 3.63) is 28.5 Å². The van der Waals surface area contributed by atoms with Crippen molar-refractivity contribution in [2.75, 3.05) is 18.4 Å². The maximum absolute atomic E-state index is 13.8. The first-order chi connectivity index (χ1) is 14.5. The molecule has 0 bridgehead atoms. The topological polar surface area (TPSA) is 101 Å². The molecule has 7 nitrogen and oxygen atoms in total. The van der Waals surface area contributed by atoms with E-state index in [4.69, 9.17) is 5.73 Å². The number of amides is 2. The molecule has 0 aromatic carbocycles. The van der Waals surface area contributed by atoms with Gasteiger partial charge in [-0.05, 0) is 19.4 Å². The Hall–Kier alpha value is -2.76. The van der Waals surface area contributed by atoms with Gasteiger partial charge in [-0.25, -0.2) is 27.5 Å². The molecule has 3 rings (SSSR count). The normalized spacial score (nSPS) is 17.9. The van der Waals surface area contributed by atoms with Crippen LogP contribution >= 0.6 is 11.3 Å². The number of nitrogens with zero attached hydrogens (tertiary/aromatic N) is 3. The quantitative estimate of drug-likeness (QED) is 0.611. The second-order valence-corrected chi connectivity index (χ2v) is 8.29. The van der Waals surface area contributed by atoms with Crippen LogP contribution in [0.15, 0.2) is 12.3 Å². The number of anilines is 1. The van der Waals surface area contributed by atoms with Gasteiger partial charge in [0.1, 0.15) is 11.5 Å². The van der Waals surface area contributed by atoms with Gasteiger partial charge in [-0.3, -0.25) is 9.59 Å². The van der Waals surface area contributed by atoms with Crippen molar-refractivity contribution in [2.45, 2.75) is 45.1 Å². The predicted octanol–water partition coefficient (Wildman–Crippen LogP) is 3.93. The molecule has 2 amide bonds. The molecule has 2 aromatic rings. The Labute approximate surface area is 179 Å². The molecule has 0 radical (unpaired) electrons. The number of alkyl halides is 4. The van der Waals surface area contributed by atoms with Gasteiger partial charge in [0, 0.05) is 36.3 Å². The second-order valence-electron chi connectivity index (χ2n) is 7.29. The lowest BCUT2D eigenvalue weighted by molar-refractivity contribution is 0.0118. The Kier molecular flexibility index (Phi) is 6.48. The average molecular weight is 459 g/mol. The molecule has 1 fully saturated rings. The molecule has 0 saturated carbocycles. The van der Waals surface area contributed by atoms with Crippen LogP contribution in [0.1, 0.15) is 59.0 Å². The van der Waals surface area contributed by atoms with Crippen molar-refractivity contribution in [3.8, 4) is 10.4 Å². The zero-order valence-electron chi connectivity index (χ0n) is 16.8. The summed E-state index contributed by atoms with van der Waals surface area (Å²) in [6.07, 6.45) is -1.54. The van der Waals surface area contributed by atoms with Crippen molar-refractivity contribution in [2.24, 2.45) is 5.73 Å². The van der Waals surface area contributed by atoms with E-state index in [9.17, 15) is 27.2 Å². The van der Waals surface area contributed by atoms with Gasteiger partial charge in [0.15, 0.2) is 5.01 Å². The van der Waals surface area contributed by atoms with Crippen molar-refractivity contribution >= 4 is 29.0 Å². The fraction of sp³-hybridized carbons (Fsp3) is 0.474. The predicted molar refractivity (Wildman–Crippen MR) is 108 cm³/mol. The number of halogens is 4. The summed E-state index contributed by atoms with van der Waals surface area (Å²) in [6, 6.07) is 0.364. The maximum atomic E-state index is 13.8. The Morgan fingerprint density at radius 3 is 2.68 bits per heavy atom. The van der Waals surface area contributed by atoms with Crippen LogP contribution in [0.3, 0.4) is 0 Å². The Balaban J connectivity index is 2.09. The highest BCUT2D eigenvalue weighted by molar-refractivity contribution is 7.17. The Morgan fingerprint density at radius 1 is 1.42 bits per heavy atom. The van der Waals surface area contributed by atoms with Crippen LogP contribution < -0.4 is 11.1 Å². The highest BCUT2D eigenvalue weighted by atomic mass is 32.1. The van der Waals surface area contributed by atoms with Crippen molar-refractivity contribution in [1.29, 1.82) is 0 Å². The fourth-order valence-corrected chi connectivity index (χ4v) is 4.30. The van der Waals surface area contributed by atoms with Crippen LogP contribution in [0.5, 0.6) is 0 Å². The molecular formula is C19H21F4N5O2S. The smallest absolute Gasteiger partial charge is 0.277 e. The Bertz CT molecular complexity index is 998. The lowest BCUT2D eigenvalue weighted by Crippen LogP contribution is -2.35. The van der Waals surface area contributed by atoms with Crippen LogP contribution in [0.2, 0.25) is 0 Å². The van der Waals surface area contributed by atoms with E-state index in [1.807, 2.05) is 6.92 Å². The molecule has 1 aliphatic heterocycles. The van der Waals surface area contributed by atoms with E-state index in [1.54, 1.807) is 0 Å². The highest BCUT2D eigenvalue weighted by Crippen LogP contribution is 2.39. The number of aromatic nitrogens is 2. The van der Waals surface area contributed by atoms with Gasteiger partial charge in [-0.1, -0.05) is 6.92 Å². The highest BCUT2D eigenvalue weighted by Gasteiger charge is 2.46. The molecule has 1 saturated heterocycles. The number of thiazole rings is 1. The zero-order valence-corrected chi connectivity index (χ0v) is 17.6. The number of pyridine rings is 1. The first-order valence-electron chi connectivity index (χ1n) is 9.55. The van der Waals surface area contributed by atoms with E-state index in [-0.39, 0.29) is 27.0 Å². The third-order valence-electron chi connectivity index (χ3n) is 4.80. The lowest BCUT2D eigenvalue weighted by atomic mass is 10.1. The number of hydrogen-bond donors (Lipinski definition) is 2. The van der Waals surface area contributed by atoms with Crippen LogP contribution in [0, 0.1) is 0 Å². The molecule has 1 unspecified atom stereocenters. The fourth-order valence-electron chi connectivity index (χ4n) is 3.36. The molecule has 1 aliphatic rings. The number of carbonyl (C=O) groups excluding carboxylic acids is 2. The lowest BCUT2D eigenvalue weighted by Gasteiger charge is -2.20. The first-order valence-corrected chi connectivity index (χ1v) is 10.4.